The molecule has 1 unspecified atom stereocenters. The topological polar surface area (TPSA) is 18.5 Å². The van der Waals surface area contributed by atoms with Crippen LogP contribution < -0.4 is 5.32 Å². The second-order valence-corrected chi connectivity index (χ2v) is 7.12. The molecule has 1 aromatic rings. The zero-order valence-electron chi connectivity index (χ0n) is 13.5. The number of nitrogens with one attached hydrogen (secondary N) is 1. The average Bonchev–Trinajstić information content (AvgIpc) is 2.48. The zero-order valence-corrected chi connectivity index (χ0v) is 15.1. The fourth-order valence-corrected chi connectivity index (χ4v) is 3.57. The molecule has 2 rings (SSSR count). The largest absolute Gasteiger partial charge is 0.313 e. The number of hydrogen-bond donors (Lipinski definition) is 1. The van der Waals surface area contributed by atoms with Gasteiger partial charge in [0.15, 0.2) is 0 Å². The maximum absolute atomic E-state index is 3.57. The standard InChI is InChI=1S/C17H28BrN3/c1-19-17(14-5-4-6-15(18)13-14)9-12-21(3)16-7-10-20(2)11-8-16/h4-6,13,16-17,19H,7-12H2,1-3H3. The van der Waals surface area contributed by atoms with E-state index in [0.29, 0.717) is 6.04 Å². The van der Waals surface area contributed by atoms with Crippen molar-refractivity contribution >= 4 is 15.9 Å². The summed E-state index contributed by atoms with van der Waals surface area (Å²) in [4.78, 5) is 4.98. The highest BCUT2D eigenvalue weighted by Gasteiger charge is 2.21. The molecular weight excluding hydrogens is 326 g/mol. The molecule has 4 heteroatoms. The Morgan fingerprint density at radius 2 is 2.10 bits per heavy atom. The van der Waals surface area contributed by atoms with Crippen molar-refractivity contribution in [1.29, 1.82) is 0 Å². The van der Waals surface area contributed by atoms with Crippen LogP contribution >= 0.6 is 15.9 Å². The molecule has 1 aliphatic heterocycles. The molecule has 0 amide bonds. The Bertz CT molecular complexity index is 430. The molecule has 1 heterocycles. The lowest BCUT2D eigenvalue weighted by Crippen LogP contribution is -2.42. The SMILES string of the molecule is CNC(CCN(C)C1CCN(C)CC1)c1cccc(Br)c1. The summed E-state index contributed by atoms with van der Waals surface area (Å²) in [7, 11) is 6.56. The van der Waals surface area contributed by atoms with E-state index in [-0.39, 0.29) is 0 Å². The maximum Gasteiger partial charge on any atom is 0.0330 e. The molecule has 1 aliphatic rings. The molecule has 1 aromatic carbocycles. The molecule has 0 aliphatic carbocycles. The first-order valence-electron chi connectivity index (χ1n) is 7.91. The average molecular weight is 354 g/mol. The van der Waals surface area contributed by atoms with Crippen LogP contribution in [0.15, 0.2) is 28.7 Å². The Kier molecular flexibility index (Phi) is 6.68. The van der Waals surface area contributed by atoms with Crippen LogP contribution in [0.1, 0.15) is 30.9 Å². The highest BCUT2D eigenvalue weighted by molar-refractivity contribution is 9.10. The molecule has 1 atom stereocenters. The lowest BCUT2D eigenvalue weighted by atomic mass is 10.0. The first-order valence-corrected chi connectivity index (χ1v) is 8.71. The maximum atomic E-state index is 3.57. The summed E-state index contributed by atoms with van der Waals surface area (Å²) >= 11 is 3.57. The highest BCUT2D eigenvalue weighted by Crippen LogP contribution is 2.22. The smallest absolute Gasteiger partial charge is 0.0330 e. The summed E-state index contributed by atoms with van der Waals surface area (Å²) < 4.78 is 1.16. The molecular formula is C17H28BrN3. The second kappa shape index (κ2) is 8.28. The minimum Gasteiger partial charge on any atom is -0.313 e. The first-order chi connectivity index (χ1) is 10.1. The van der Waals surface area contributed by atoms with Crippen LogP contribution in [-0.4, -0.2) is 56.6 Å². The molecule has 1 saturated heterocycles. The minimum absolute atomic E-state index is 0.427. The van der Waals surface area contributed by atoms with Gasteiger partial charge in [0.25, 0.3) is 0 Å². The van der Waals surface area contributed by atoms with Crippen LogP contribution in [0, 0.1) is 0 Å². The Hall–Kier alpha value is -0.420. The van der Waals surface area contributed by atoms with Crippen molar-refractivity contribution in [2.75, 3.05) is 40.8 Å². The summed E-state index contributed by atoms with van der Waals surface area (Å²) in [6.07, 6.45) is 3.75. The van der Waals surface area contributed by atoms with Crippen molar-refractivity contribution in [2.45, 2.75) is 31.3 Å². The van der Waals surface area contributed by atoms with Crippen LogP contribution in [0.5, 0.6) is 0 Å². The van der Waals surface area contributed by atoms with E-state index < -0.39 is 0 Å². The normalized spacial score (nSPS) is 19.1. The van der Waals surface area contributed by atoms with E-state index in [9.17, 15) is 0 Å². The van der Waals surface area contributed by atoms with E-state index in [0.717, 1.165) is 23.5 Å². The van der Waals surface area contributed by atoms with Crippen LogP contribution in [0.25, 0.3) is 0 Å². The quantitative estimate of drug-likeness (QED) is 0.847. The van der Waals surface area contributed by atoms with Crippen LogP contribution in [-0.2, 0) is 0 Å². The van der Waals surface area contributed by atoms with Gasteiger partial charge in [-0.3, -0.25) is 0 Å². The predicted molar refractivity (Wildman–Crippen MR) is 93.7 cm³/mol. The number of hydrogen-bond acceptors (Lipinski definition) is 3. The van der Waals surface area contributed by atoms with Gasteiger partial charge in [0, 0.05) is 16.6 Å². The predicted octanol–water partition coefficient (Wildman–Crippen LogP) is 3.13. The molecule has 118 valence electrons. The third-order valence-corrected chi connectivity index (χ3v) is 5.17. The third kappa shape index (κ3) is 5.06. The molecule has 0 saturated carbocycles. The first kappa shape index (κ1) is 16.9. The summed E-state index contributed by atoms with van der Waals surface area (Å²) in [6, 6.07) is 9.81. The summed E-state index contributed by atoms with van der Waals surface area (Å²) in [5, 5.41) is 3.46. The molecule has 0 bridgehead atoms. The summed E-state index contributed by atoms with van der Waals surface area (Å²) in [5.41, 5.74) is 1.36. The number of benzene rings is 1. The van der Waals surface area contributed by atoms with E-state index in [2.05, 4.69) is 76.5 Å². The van der Waals surface area contributed by atoms with Gasteiger partial charge in [0.2, 0.25) is 0 Å². The van der Waals surface area contributed by atoms with Crippen LogP contribution in [0.3, 0.4) is 0 Å². The lowest BCUT2D eigenvalue weighted by Gasteiger charge is -2.35. The monoisotopic (exact) mass is 353 g/mol. The van der Waals surface area contributed by atoms with Gasteiger partial charge in [-0.15, -0.1) is 0 Å². The molecule has 1 N–H and O–H groups in total. The Labute approximate surface area is 137 Å². The Morgan fingerprint density at radius 1 is 1.38 bits per heavy atom. The van der Waals surface area contributed by atoms with Crippen molar-refractivity contribution in [3.8, 4) is 0 Å². The van der Waals surface area contributed by atoms with Crippen molar-refractivity contribution in [1.82, 2.24) is 15.1 Å². The molecule has 1 fully saturated rings. The molecule has 0 spiro atoms. The van der Waals surface area contributed by atoms with E-state index >= 15 is 0 Å². The number of rotatable bonds is 6. The Morgan fingerprint density at radius 3 is 2.71 bits per heavy atom. The number of piperidine rings is 1. The summed E-state index contributed by atoms with van der Waals surface area (Å²) in [6.45, 7) is 3.61. The lowest BCUT2D eigenvalue weighted by molar-refractivity contribution is 0.140. The van der Waals surface area contributed by atoms with E-state index in [1.807, 2.05) is 0 Å². The van der Waals surface area contributed by atoms with Crippen molar-refractivity contribution in [3.05, 3.63) is 34.3 Å². The molecule has 21 heavy (non-hydrogen) atoms. The van der Waals surface area contributed by atoms with Crippen LogP contribution in [0.2, 0.25) is 0 Å². The number of halogens is 1. The van der Waals surface area contributed by atoms with Crippen molar-refractivity contribution < 1.29 is 0 Å². The second-order valence-electron chi connectivity index (χ2n) is 6.20. The van der Waals surface area contributed by atoms with Crippen molar-refractivity contribution in [3.63, 3.8) is 0 Å². The van der Waals surface area contributed by atoms with Gasteiger partial charge in [-0.05, 0) is 77.7 Å². The van der Waals surface area contributed by atoms with Crippen LogP contribution in [0.4, 0.5) is 0 Å². The number of nitrogens with zero attached hydrogens (tertiary/aromatic N) is 2. The van der Waals surface area contributed by atoms with Gasteiger partial charge < -0.3 is 15.1 Å². The number of likely N-dealkylation sites (tertiary alicyclic amines) is 1. The molecule has 3 nitrogen and oxygen atoms in total. The van der Waals surface area contributed by atoms with E-state index in [1.54, 1.807) is 0 Å². The van der Waals surface area contributed by atoms with E-state index in [4.69, 9.17) is 0 Å². The molecule has 0 radical (unpaired) electrons. The van der Waals surface area contributed by atoms with Gasteiger partial charge in [-0.25, -0.2) is 0 Å². The fourth-order valence-electron chi connectivity index (χ4n) is 3.15. The van der Waals surface area contributed by atoms with Gasteiger partial charge in [-0.1, -0.05) is 28.1 Å². The Balaban J connectivity index is 1.85. The van der Waals surface area contributed by atoms with Gasteiger partial charge >= 0.3 is 0 Å². The third-order valence-electron chi connectivity index (χ3n) is 4.68. The minimum atomic E-state index is 0.427. The fraction of sp³-hybridized carbons (Fsp3) is 0.647. The van der Waals surface area contributed by atoms with Gasteiger partial charge in [0.1, 0.15) is 0 Å². The zero-order chi connectivity index (χ0) is 15.2. The van der Waals surface area contributed by atoms with E-state index in [1.165, 1.54) is 31.5 Å². The molecule has 0 aromatic heterocycles. The van der Waals surface area contributed by atoms with Crippen molar-refractivity contribution in [2.24, 2.45) is 0 Å². The highest BCUT2D eigenvalue weighted by atomic mass is 79.9. The summed E-state index contributed by atoms with van der Waals surface area (Å²) in [5.74, 6) is 0. The van der Waals surface area contributed by atoms with Gasteiger partial charge in [0.05, 0.1) is 0 Å². The van der Waals surface area contributed by atoms with Gasteiger partial charge in [-0.2, -0.15) is 0 Å².